The number of nitrogens with one attached hydrogen (secondary N) is 1. The Hall–Kier alpha value is -1.53. The van der Waals surface area contributed by atoms with Gasteiger partial charge in [-0.3, -0.25) is 4.79 Å². The average molecular weight is 350 g/mol. The largest absolute Gasteiger partial charge is 0.416 e. The van der Waals surface area contributed by atoms with Crippen molar-refractivity contribution in [2.24, 2.45) is 0 Å². The van der Waals surface area contributed by atoms with Crippen LogP contribution in [0.1, 0.15) is 31.4 Å². The first-order valence-corrected chi connectivity index (χ1v) is 7.52. The predicted molar refractivity (Wildman–Crippen MR) is 84.2 cm³/mol. The zero-order chi connectivity index (χ0) is 17.5. The molecule has 0 saturated heterocycles. The van der Waals surface area contributed by atoms with Crippen molar-refractivity contribution in [2.75, 3.05) is 13.2 Å². The topological polar surface area (TPSA) is 38.3 Å². The number of amides is 1. The van der Waals surface area contributed by atoms with E-state index in [0.29, 0.717) is 19.6 Å². The zero-order valence-corrected chi connectivity index (χ0v) is 13.7. The second-order valence-electron chi connectivity index (χ2n) is 5.13. The first-order valence-electron chi connectivity index (χ1n) is 7.14. The van der Waals surface area contributed by atoms with E-state index >= 15 is 0 Å². The normalized spacial score (nSPS) is 12.1. The van der Waals surface area contributed by atoms with Gasteiger partial charge >= 0.3 is 6.18 Å². The quantitative estimate of drug-likeness (QED) is 0.588. The summed E-state index contributed by atoms with van der Waals surface area (Å²) >= 11 is 5.84. The molecule has 0 bridgehead atoms. The lowest BCUT2D eigenvalue weighted by atomic mass is 10.1. The molecule has 0 saturated carbocycles. The van der Waals surface area contributed by atoms with E-state index in [0.717, 1.165) is 24.3 Å². The smallest absolute Gasteiger partial charge is 0.379 e. The lowest BCUT2D eigenvalue weighted by Gasteiger charge is -2.08. The van der Waals surface area contributed by atoms with Gasteiger partial charge in [0.1, 0.15) is 0 Å². The first-order chi connectivity index (χ1) is 10.7. The molecule has 1 amide bonds. The van der Waals surface area contributed by atoms with Gasteiger partial charge in [0.25, 0.3) is 0 Å². The molecule has 1 rings (SSSR count). The summed E-state index contributed by atoms with van der Waals surface area (Å²) in [5.41, 5.74) is -0.674. The molecule has 1 aromatic rings. The van der Waals surface area contributed by atoms with Gasteiger partial charge in [-0.1, -0.05) is 11.6 Å². The number of alkyl halides is 3. The number of rotatable bonds is 7. The minimum Gasteiger partial charge on any atom is -0.379 e. The molecule has 23 heavy (non-hydrogen) atoms. The van der Waals surface area contributed by atoms with E-state index in [-0.39, 0.29) is 16.7 Å². The second kappa shape index (κ2) is 8.93. The van der Waals surface area contributed by atoms with Gasteiger partial charge in [0, 0.05) is 24.3 Å². The van der Waals surface area contributed by atoms with E-state index in [9.17, 15) is 18.0 Å². The Labute approximate surface area is 138 Å². The highest BCUT2D eigenvalue weighted by atomic mass is 35.5. The minimum absolute atomic E-state index is 0.133. The number of carbonyl (C=O) groups excluding carboxylic acids is 1. The van der Waals surface area contributed by atoms with Crippen LogP contribution in [0.4, 0.5) is 13.2 Å². The summed E-state index contributed by atoms with van der Waals surface area (Å²) in [5, 5.41) is 2.77. The van der Waals surface area contributed by atoms with Crippen LogP contribution >= 0.6 is 11.6 Å². The van der Waals surface area contributed by atoms with Gasteiger partial charge in [-0.05, 0) is 50.1 Å². The molecule has 128 valence electrons. The van der Waals surface area contributed by atoms with Crippen molar-refractivity contribution in [1.82, 2.24) is 5.32 Å². The summed E-state index contributed by atoms with van der Waals surface area (Å²) in [7, 11) is 0. The number of carbonyl (C=O) groups is 1. The van der Waals surface area contributed by atoms with E-state index in [1.807, 2.05) is 13.8 Å². The molecule has 1 aromatic carbocycles. The Bertz CT molecular complexity index is 557. The van der Waals surface area contributed by atoms with Crippen LogP contribution in [0.25, 0.3) is 6.08 Å². The van der Waals surface area contributed by atoms with Crippen molar-refractivity contribution in [3.05, 3.63) is 40.4 Å². The molecular weight excluding hydrogens is 331 g/mol. The molecule has 3 nitrogen and oxygen atoms in total. The van der Waals surface area contributed by atoms with E-state index in [1.54, 1.807) is 0 Å². The molecule has 0 fully saturated rings. The highest BCUT2D eigenvalue weighted by Gasteiger charge is 2.30. The van der Waals surface area contributed by atoms with Crippen LogP contribution in [-0.4, -0.2) is 25.2 Å². The fourth-order valence-corrected chi connectivity index (χ4v) is 1.86. The molecule has 0 aliphatic rings. The molecule has 1 N–H and O–H groups in total. The Morgan fingerprint density at radius 2 is 2.09 bits per heavy atom. The fourth-order valence-electron chi connectivity index (χ4n) is 1.67. The van der Waals surface area contributed by atoms with Gasteiger partial charge < -0.3 is 10.1 Å². The van der Waals surface area contributed by atoms with Crippen LogP contribution in [0, 0.1) is 0 Å². The van der Waals surface area contributed by atoms with Crippen LogP contribution in [0.2, 0.25) is 5.02 Å². The molecule has 0 heterocycles. The van der Waals surface area contributed by atoms with Crippen LogP contribution in [0.3, 0.4) is 0 Å². The first kappa shape index (κ1) is 19.5. The molecule has 0 radical (unpaired) electrons. The van der Waals surface area contributed by atoms with Gasteiger partial charge in [-0.15, -0.1) is 0 Å². The van der Waals surface area contributed by atoms with Gasteiger partial charge in [0.15, 0.2) is 0 Å². The highest BCUT2D eigenvalue weighted by Crippen LogP contribution is 2.32. The van der Waals surface area contributed by atoms with Crippen molar-refractivity contribution >= 4 is 23.6 Å². The molecule has 0 aromatic heterocycles. The number of hydrogen-bond acceptors (Lipinski definition) is 2. The third-order valence-electron chi connectivity index (χ3n) is 2.81. The lowest BCUT2D eigenvalue weighted by molar-refractivity contribution is -0.137. The Balaban J connectivity index is 2.55. The van der Waals surface area contributed by atoms with Gasteiger partial charge in [-0.2, -0.15) is 13.2 Å². The lowest BCUT2D eigenvalue weighted by Crippen LogP contribution is -2.23. The van der Waals surface area contributed by atoms with Crippen molar-refractivity contribution in [2.45, 2.75) is 32.5 Å². The van der Waals surface area contributed by atoms with Gasteiger partial charge in [-0.25, -0.2) is 0 Å². The van der Waals surface area contributed by atoms with E-state index < -0.39 is 17.6 Å². The highest BCUT2D eigenvalue weighted by molar-refractivity contribution is 6.32. The minimum atomic E-state index is -4.45. The number of halogens is 4. The molecular formula is C16H19ClF3NO2. The summed E-state index contributed by atoms with van der Waals surface area (Å²) in [4.78, 5) is 11.6. The molecule has 0 spiro atoms. The summed E-state index contributed by atoms with van der Waals surface area (Å²) in [6.07, 6.45) is -1.25. The van der Waals surface area contributed by atoms with Crippen molar-refractivity contribution in [1.29, 1.82) is 0 Å². The third kappa shape index (κ3) is 7.52. The molecule has 0 unspecified atom stereocenters. The number of ether oxygens (including phenoxy) is 1. The molecule has 0 aliphatic carbocycles. The summed E-state index contributed by atoms with van der Waals surface area (Å²) in [6, 6.07) is 2.96. The summed E-state index contributed by atoms with van der Waals surface area (Å²) < 4.78 is 43.2. The van der Waals surface area contributed by atoms with Crippen LogP contribution in [0.15, 0.2) is 24.3 Å². The Morgan fingerprint density at radius 1 is 1.39 bits per heavy atom. The van der Waals surface area contributed by atoms with Crippen LogP contribution < -0.4 is 5.32 Å². The number of hydrogen-bond donors (Lipinski definition) is 1. The standard InChI is InChI=1S/C16H19ClF3NO2/c1-11(2)23-9-3-8-21-15(22)7-4-12-10-13(16(18,19)20)5-6-14(12)17/h4-7,10-11H,3,8-9H2,1-2H3,(H,21,22)/b7-4+. The SMILES string of the molecule is CC(C)OCCCNC(=O)/C=C/c1cc(C(F)(F)F)ccc1Cl. The van der Waals surface area contributed by atoms with E-state index in [2.05, 4.69) is 5.32 Å². The Kier molecular flexibility index (Phi) is 7.58. The molecule has 7 heteroatoms. The van der Waals surface area contributed by atoms with Crippen molar-refractivity contribution < 1.29 is 22.7 Å². The predicted octanol–water partition coefficient (Wildman–Crippen LogP) is 4.30. The molecule has 0 aliphatic heterocycles. The van der Waals surface area contributed by atoms with Crippen LogP contribution in [-0.2, 0) is 15.7 Å². The summed E-state index contributed by atoms with van der Waals surface area (Å²) in [5.74, 6) is -0.400. The third-order valence-corrected chi connectivity index (χ3v) is 3.15. The molecule has 0 atom stereocenters. The van der Waals surface area contributed by atoms with Gasteiger partial charge in [0.2, 0.25) is 5.91 Å². The van der Waals surface area contributed by atoms with Crippen LogP contribution in [0.5, 0.6) is 0 Å². The maximum Gasteiger partial charge on any atom is 0.416 e. The van der Waals surface area contributed by atoms with Gasteiger partial charge in [0.05, 0.1) is 11.7 Å². The monoisotopic (exact) mass is 349 g/mol. The van der Waals surface area contributed by atoms with Crippen molar-refractivity contribution in [3.8, 4) is 0 Å². The summed E-state index contributed by atoms with van der Waals surface area (Å²) in [6.45, 7) is 4.79. The fraction of sp³-hybridized carbons (Fsp3) is 0.438. The maximum absolute atomic E-state index is 12.6. The average Bonchev–Trinajstić information content (AvgIpc) is 2.44. The zero-order valence-electron chi connectivity index (χ0n) is 12.9. The van der Waals surface area contributed by atoms with Crippen molar-refractivity contribution in [3.63, 3.8) is 0 Å². The van der Waals surface area contributed by atoms with E-state index in [1.165, 1.54) is 6.08 Å². The maximum atomic E-state index is 12.6. The van der Waals surface area contributed by atoms with E-state index in [4.69, 9.17) is 16.3 Å². The Morgan fingerprint density at radius 3 is 2.70 bits per heavy atom. The number of benzene rings is 1. The second-order valence-corrected chi connectivity index (χ2v) is 5.54.